The fourth-order valence-electron chi connectivity index (χ4n) is 2.79. The van der Waals surface area contributed by atoms with Gasteiger partial charge in [0.15, 0.2) is 0 Å². The van der Waals surface area contributed by atoms with Crippen molar-refractivity contribution in [2.45, 2.75) is 44.7 Å². The van der Waals surface area contributed by atoms with Crippen LogP contribution in [-0.4, -0.2) is 54.9 Å². The molecule has 0 aromatic carbocycles. The number of likely N-dealkylation sites (tertiary alicyclic amines) is 1. The first-order valence-corrected chi connectivity index (χ1v) is 7.27. The van der Waals surface area contributed by atoms with Crippen molar-refractivity contribution in [2.24, 2.45) is 5.41 Å². The van der Waals surface area contributed by atoms with Crippen LogP contribution in [0.3, 0.4) is 0 Å². The zero-order valence-corrected chi connectivity index (χ0v) is 12.6. The monoisotopic (exact) mass is 325 g/mol. The van der Waals surface area contributed by atoms with Crippen LogP contribution in [0.15, 0.2) is 0 Å². The van der Waals surface area contributed by atoms with E-state index >= 15 is 0 Å². The number of rotatable bonds is 7. The molecule has 1 aliphatic rings. The Bertz CT molecular complexity index is 400. The Balaban J connectivity index is 2.67. The molecule has 1 aliphatic heterocycles. The van der Waals surface area contributed by atoms with Crippen molar-refractivity contribution in [3.63, 3.8) is 0 Å². The second-order valence-electron chi connectivity index (χ2n) is 5.72. The number of methoxy groups -OCH3 is 1. The molecule has 0 aliphatic carbocycles. The van der Waals surface area contributed by atoms with Gasteiger partial charge in [-0.2, -0.15) is 13.2 Å². The van der Waals surface area contributed by atoms with Crippen LogP contribution >= 0.6 is 0 Å². The molecule has 1 rings (SSSR count). The number of carbonyl (C=O) groups excluding carboxylic acids is 1. The minimum absolute atomic E-state index is 0.0251. The van der Waals surface area contributed by atoms with E-state index in [2.05, 4.69) is 0 Å². The van der Waals surface area contributed by atoms with Crippen molar-refractivity contribution in [2.75, 3.05) is 26.8 Å². The predicted molar refractivity (Wildman–Crippen MR) is 72.3 cm³/mol. The first kappa shape index (κ1) is 18.7. The van der Waals surface area contributed by atoms with Gasteiger partial charge < -0.3 is 14.7 Å². The molecule has 0 saturated carbocycles. The predicted octanol–water partition coefficient (Wildman–Crippen LogP) is 2.45. The summed E-state index contributed by atoms with van der Waals surface area (Å²) in [5.41, 5.74) is -1.08. The summed E-state index contributed by atoms with van der Waals surface area (Å²) in [5.74, 6) is -1.63. The van der Waals surface area contributed by atoms with Gasteiger partial charge in [-0.3, -0.25) is 9.59 Å². The number of hydrogen-bond donors (Lipinski definition) is 1. The Kier molecular flexibility index (Phi) is 6.65. The fraction of sp³-hybridized carbons (Fsp3) is 0.857. The lowest BCUT2D eigenvalue weighted by atomic mass is 9.76. The standard InChI is InChI=1S/C14H22F3NO4/c1-22-9-3-6-13(12(20)21)5-2-8-18(10-13)11(19)4-7-14(15,16)17/h2-10H2,1H3,(H,20,21). The van der Waals surface area contributed by atoms with Gasteiger partial charge in [-0.1, -0.05) is 0 Å². The molecule has 1 amide bonds. The van der Waals surface area contributed by atoms with E-state index in [1.54, 1.807) is 0 Å². The van der Waals surface area contributed by atoms with Crippen molar-refractivity contribution in [1.82, 2.24) is 4.90 Å². The van der Waals surface area contributed by atoms with E-state index in [1.807, 2.05) is 0 Å². The third-order valence-corrected chi connectivity index (χ3v) is 4.01. The molecular formula is C14H22F3NO4. The smallest absolute Gasteiger partial charge is 0.389 e. The highest BCUT2D eigenvalue weighted by Crippen LogP contribution is 2.35. The Morgan fingerprint density at radius 3 is 2.59 bits per heavy atom. The van der Waals surface area contributed by atoms with Crippen LogP contribution in [0.5, 0.6) is 0 Å². The van der Waals surface area contributed by atoms with Crippen LogP contribution in [0.1, 0.15) is 38.5 Å². The highest BCUT2D eigenvalue weighted by molar-refractivity contribution is 5.79. The van der Waals surface area contributed by atoms with Crippen molar-refractivity contribution in [3.8, 4) is 0 Å². The molecule has 0 aromatic heterocycles. The molecule has 22 heavy (non-hydrogen) atoms. The number of halogens is 3. The maximum atomic E-state index is 12.2. The average Bonchev–Trinajstić information content (AvgIpc) is 2.44. The van der Waals surface area contributed by atoms with E-state index in [0.717, 1.165) is 0 Å². The summed E-state index contributed by atoms with van der Waals surface area (Å²) < 4.78 is 41.5. The molecule has 1 fully saturated rings. The van der Waals surface area contributed by atoms with Gasteiger partial charge in [0.25, 0.3) is 0 Å². The molecule has 1 saturated heterocycles. The lowest BCUT2D eigenvalue weighted by Crippen LogP contribution is -2.50. The first-order valence-electron chi connectivity index (χ1n) is 7.27. The molecule has 0 radical (unpaired) electrons. The number of alkyl halides is 3. The van der Waals surface area contributed by atoms with Gasteiger partial charge in [0.2, 0.25) is 5.91 Å². The van der Waals surface area contributed by atoms with Crippen LogP contribution in [0.2, 0.25) is 0 Å². The molecule has 1 heterocycles. The van der Waals surface area contributed by atoms with Crippen LogP contribution in [0.25, 0.3) is 0 Å². The summed E-state index contributed by atoms with van der Waals surface area (Å²) in [5, 5.41) is 9.49. The fourth-order valence-corrected chi connectivity index (χ4v) is 2.79. The van der Waals surface area contributed by atoms with Gasteiger partial charge in [0, 0.05) is 33.2 Å². The Morgan fingerprint density at radius 2 is 2.05 bits per heavy atom. The van der Waals surface area contributed by atoms with Gasteiger partial charge in [-0.15, -0.1) is 0 Å². The number of amides is 1. The highest BCUT2D eigenvalue weighted by atomic mass is 19.4. The maximum Gasteiger partial charge on any atom is 0.389 e. The van der Waals surface area contributed by atoms with E-state index in [-0.39, 0.29) is 6.54 Å². The van der Waals surface area contributed by atoms with E-state index in [0.29, 0.717) is 38.8 Å². The second kappa shape index (κ2) is 7.80. The van der Waals surface area contributed by atoms with Crippen molar-refractivity contribution in [1.29, 1.82) is 0 Å². The number of carboxylic acids is 1. The number of aliphatic carboxylic acids is 1. The van der Waals surface area contributed by atoms with Crippen LogP contribution < -0.4 is 0 Å². The molecule has 5 nitrogen and oxygen atoms in total. The molecule has 0 spiro atoms. The Morgan fingerprint density at radius 1 is 1.36 bits per heavy atom. The SMILES string of the molecule is COCCCC1(C(=O)O)CCCN(C(=O)CCC(F)(F)F)C1. The quantitative estimate of drug-likeness (QED) is 0.730. The van der Waals surface area contributed by atoms with Gasteiger partial charge in [-0.05, 0) is 25.7 Å². The molecular weight excluding hydrogens is 303 g/mol. The lowest BCUT2D eigenvalue weighted by molar-refractivity contribution is -0.159. The van der Waals surface area contributed by atoms with E-state index < -0.39 is 36.3 Å². The van der Waals surface area contributed by atoms with Crippen LogP contribution in [0.4, 0.5) is 13.2 Å². The van der Waals surface area contributed by atoms with Crippen molar-refractivity contribution >= 4 is 11.9 Å². The second-order valence-corrected chi connectivity index (χ2v) is 5.72. The number of carbonyl (C=O) groups is 2. The van der Waals surface area contributed by atoms with Gasteiger partial charge >= 0.3 is 12.1 Å². The number of hydrogen-bond acceptors (Lipinski definition) is 3. The number of nitrogens with zero attached hydrogens (tertiary/aromatic N) is 1. The molecule has 1 unspecified atom stereocenters. The molecule has 0 bridgehead atoms. The third kappa shape index (κ3) is 5.47. The number of ether oxygens (including phenoxy) is 1. The van der Waals surface area contributed by atoms with E-state index in [1.165, 1.54) is 12.0 Å². The van der Waals surface area contributed by atoms with Crippen LogP contribution in [-0.2, 0) is 14.3 Å². The zero-order chi connectivity index (χ0) is 16.8. The number of carboxylic acid groups (broad SMARTS) is 1. The molecule has 128 valence electrons. The van der Waals surface area contributed by atoms with E-state index in [9.17, 15) is 27.9 Å². The van der Waals surface area contributed by atoms with Crippen LogP contribution in [0, 0.1) is 5.41 Å². The molecule has 8 heteroatoms. The summed E-state index contributed by atoms with van der Waals surface area (Å²) >= 11 is 0. The van der Waals surface area contributed by atoms with Gasteiger partial charge in [0.1, 0.15) is 0 Å². The molecule has 1 N–H and O–H groups in total. The molecule has 0 aromatic rings. The van der Waals surface area contributed by atoms with Gasteiger partial charge in [0.05, 0.1) is 11.8 Å². The topological polar surface area (TPSA) is 66.8 Å². The van der Waals surface area contributed by atoms with E-state index in [4.69, 9.17) is 4.74 Å². The first-order chi connectivity index (χ1) is 10.2. The maximum absolute atomic E-state index is 12.2. The summed E-state index contributed by atoms with van der Waals surface area (Å²) in [4.78, 5) is 24.8. The van der Waals surface area contributed by atoms with Crippen molar-refractivity contribution < 1.29 is 32.6 Å². The summed E-state index contributed by atoms with van der Waals surface area (Å²) in [6.07, 6.45) is -4.39. The average molecular weight is 325 g/mol. The summed E-state index contributed by atoms with van der Waals surface area (Å²) in [6.45, 7) is 0.704. The molecule has 1 atom stereocenters. The van der Waals surface area contributed by atoms with Gasteiger partial charge in [-0.25, -0.2) is 0 Å². The lowest BCUT2D eigenvalue weighted by Gasteiger charge is -2.40. The Labute approximate surface area is 127 Å². The largest absolute Gasteiger partial charge is 0.481 e. The summed E-state index contributed by atoms with van der Waals surface area (Å²) in [7, 11) is 1.52. The zero-order valence-electron chi connectivity index (χ0n) is 12.6. The third-order valence-electron chi connectivity index (χ3n) is 4.01. The van der Waals surface area contributed by atoms with Crippen molar-refractivity contribution in [3.05, 3.63) is 0 Å². The normalized spacial score (nSPS) is 22.6. The summed E-state index contributed by atoms with van der Waals surface area (Å²) in [6, 6.07) is 0. The number of piperidine rings is 1. The minimum Gasteiger partial charge on any atom is -0.481 e. The minimum atomic E-state index is -4.38. The highest BCUT2D eigenvalue weighted by Gasteiger charge is 2.43. The Hall–Kier alpha value is -1.31.